The van der Waals surface area contributed by atoms with Gasteiger partial charge in [0.1, 0.15) is 6.54 Å². The number of carbonyl (C=O) groups excluding carboxylic acids is 1. The molecule has 1 amide bonds. The maximum Gasteiger partial charge on any atom is 0.326 e. The summed E-state index contributed by atoms with van der Waals surface area (Å²) in [4.78, 5) is 28.5. The molecule has 0 unspecified atom stereocenters. The minimum atomic E-state index is -0.255. The number of aromatic nitrogens is 2. The van der Waals surface area contributed by atoms with Gasteiger partial charge >= 0.3 is 5.69 Å². The van der Waals surface area contributed by atoms with Crippen molar-refractivity contribution in [1.29, 1.82) is 0 Å². The highest BCUT2D eigenvalue weighted by Gasteiger charge is 2.09. The van der Waals surface area contributed by atoms with E-state index < -0.39 is 0 Å². The van der Waals surface area contributed by atoms with Gasteiger partial charge < -0.3 is 15.2 Å². The van der Waals surface area contributed by atoms with Crippen molar-refractivity contribution in [3.8, 4) is 0 Å². The van der Waals surface area contributed by atoms with E-state index in [1.807, 2.05) is 38.4 Å². The molecule has 0 aliphatic carbocycles. The van der Waals surface area contributed by atoms with Crippen LogP contribution in [0.25, 0.3) is 11.0 Å². The number of imidazole rings is 1. The average molecular weight is 276 g/mol. The first-order valence-corrected chi connectivity index (χ1v) is 6.67. The molecule has 1 aromatic carbocycles. The molecule has 2 aromatic rings. The number of H-pyrrole nitrogens is 1. The molecule has 2 rings (SSSR count). The number of aromatic amines is 1. The van der Waals surface area contributed by atoms with E-state index in [4.69, 9.17) is 0 Å². The van der Waals surface area contributed by atoms with Crippen LogP contribution < -0.4 is 11.0 Å². The Morgan fingerprint density at radius 1 is 1.35 bits per heavy atom. The van der Waals surface area contributed by atoms with E-state index in [1.54, 1.807) is 0 Å². The van der Waals surface area contributed by atoms with Crippen molar-refractivity contribution in [1.82, 2.24) is 19.8 Å². The molecule has 0 atom stereocenters. The van der Waals surface area contributed by atoms with E-state index in [2.05, 4.69) is 15.2 Å². The van der Waals surface area contributed by atoms with Crippen molar-refractivity contribution in [2.75, 3.05) is 27.2 Å². The van der Waals surface area contributed by atoms with Crippen molar-refractivity contribution in [2.24, 2.45) is 0 Å². The van der Waals surface area contributed by atoms with Crippen LogP contribution >= 0.6 is 0 Å². The molecule has 6 nitrogen and oxygen atoms in total. The Morgan fingerprint density at radius 2 is 2.10 bits per heavy atom. The number of carbonyl (C=O) groups is 1. The normalized spacial score (nSPS) is 11.2. The highest BCUT2D eigenvalue weighted by Crippen LogP contribution is 2.08. The van der Waals surface area contributed by atoms with Gasteiger partial charge in [-0.3, -0.25) is 9.36 Å². The Balaban J connectivity index is 1.96. The summed E-state index contributed by atoms with van der Waals surface area (Å²) in [5.41, 5.74) is 1.24. The first-order valence-electron chi connectivity index (χ1n) is 6.67. The van der Waals surface area contributed by atoms with Gasteiger partial charge in [-0.15, -0.1) is 0 Å². The molecule has 1 heterocycles. The summed E-state index contributed by atoms with van der Waals surface area (Å²) in [5, 5.41) is 2.83. The van der Waals surface area contributed by atoms with E-state index in [9.17, 15) is 9.59 Å². The first-order chi connectivity index (χ1) is 9.58. The maximum absolute atomic E-state index is 11.9. The highest BCUT2D eigenvalue weighted by molar-refractivity contribution is 5.80. The smallest absolute Gasteiger partial charge is 0.326 e. The SMILES string of the molecule is CN(C)CCCNC(=O)Cn1c(=O)[nH]c2ccccc21. The zero-order valence-corrected chi connectivity index (χ0v) is 11.8. The lowest BCUT2D eigenvalue weighted by Gasteiger charge is -2.10. The number of benzene rings is 1. The molecule has 0 saturated carbocycles. The summed E-state index contributed by atoms with van der Waals surface area (Å²) in [6.07, 6.45) is 0.890. The molecule has 20 heavy (non-hydrogen) atoms. The molecule has 0 radical (unpaired) electrons. The monoisotopic (exact) mass is 276 g/mol. The Hall–Kier alpha value is -2.08. The van der Waals surface area contributed by atoms with Crippen molar-refractivity contribution in [2.45, 2.75) is 13.0 Å². The van der Waals surface area contributed by atoms with Crippen LogP contribution in [0, 0.1) is 0 Å². The van der Waals surface area contributed by atoms with Crippen molar-refractivity contribution < 1.29 is 4.79 Å². The van der Waals surface area contributed by atoms with Crippen LogP contribution in [0.5, 0.6) is 0 Å². The standard InChI is InChI=1S/C14H20N4O2/c1-17(2)9-5-8-15-13(19)10-18-12-7-4-3-6-11(12)16-14(18)20/h3-4,6-7H,5,8-10H2,1-2H3,(H,15,19)(H,16,20). The van der Waals surface area contributed by atoms with Gasteiger partial charge in [0.05, 0.1) is 11.0 Å². The highest BCUT2D eigenvalue weighted by atomic mass is 16.2. The van der Waals surface area contributed by atoms with Crippen LogP contribution in [-0.2, 0) is 11.3 Å². The second-order valence-electron chi connectivity index (χ2n) is 5.04. The first kappa shape index (κ1) is 14.3. The average Bonchev–Trinajstić information content (AvgIpc) is 2.71. The van der Waals surface area contributed by atoms with E-state index in [0.29, 0.717) is 6.54 Å². The lowest BCUT2D eigenvalue weighted by Crippen LogP contribution is -2.32. The predicted molar refractivity (Wildman–Crippen MR) is 78.7 cm³/mol. The number of para-hydroxylation sites is 2. The molecule has 108 valence electrons. The molecule has 2 N–H and O–H groups in total. The third-order valence-corrected chi connectivity index (χ3v) is 3.09. The van der Waals surface area contributed by atoms with Crippen LogP contribution in [0.4, 0.5) is 0 Å². The molecule has 1 aromatic heterocycles. The fourth-order valence-electron chi connectivity index (χ4n) is 2.09. The summed E-state index contributed by atoms with van der Waals surface area (Å²) in [6, 6.07) is 7.35. The molecular formula is C14H20N4O2. The Bertz CT molecular complexity index is 642. The van der Waals surface area contributed by atoms with Crippen molar-refractivity contribution in [3.63, 3.8) is 0 Å². The van der Waals surface area contributed by atoms with Crippen LogP contribution in [0.1, 0.15) is 6.42 Å². The van der Waals surface area contributed by atoms with Crippen LogP contribution in [0.15, 0.2) is 29.1 Å². The summed E-state index contributed by atoms with van der Waals surface area (Å²) >= 11 is 0. The Labute approximate surface area is 117 Å². The number of nitrogens with zero attached hydrogens (tertiary/aromatic N) is 2. The number of rotatable bonds is 6. The second kappa shape index (κ2) is 6.38. The third kappa shape index (κ3) is 3.48. The van der Waals surface area contributed by atoms with Gasteiger partial charge in [0.2, 0.25) is 5.91 Å². The van der Waals surface area contributed by atoms with Gasteiger partial charge in [-0.25, -0.2) is 4.79 Å². The lowest BCUT2D eigenvalue weighted by molar-refractivity contribution is -0.121. The minimum absolute atomic E-state index is 0.0464. The fourth-order valence-corrected chi connectivity index (χ4v) is 2.09. The molecule has 0 aliphatic heterocycles. The van der Waals surface area contributed by atoms with Gasteiger partial charge in [0, 0.05) is 6.54 Å². The van der Waals surface area contributed by atoms with Gasteiger partial charge in [-0.05, 0) is 39.2 Å². The largest absolute Gasteiger partial charge is 0.354 e. The van der Waals surface area contributed by atoms with Gasteiger partial charge in [0.15, 0.2) is 0 Å². The molecule has 6 heteroatoms. The van der Waals surface area contributed by atoms with E-state index in [-0.39, 0.29) is 18.1 Å². The van der Waals surface area contributed by atoms with Crippen molar-refractivity contribution in [3.05, 3.63) is 34.7 Å². The van der Waals surface area contributed by atoms with Gasteiger partial charge in [0.25, 0.3) is 0 Å². The van der Waals surface area contributed by atoms with Gasteiger partial charge in [-0.2, -0.15) is 0 Å². The van der Waals surface area contributed by atoms with Crippen LogP contribution in [0.2, 0.25) is 0 Å². The molecular weight excluding hydrogens is 256 g/mol. The zero-order chi connectivity index (χ0) is 14.5. The van der Waals surface area contributed by atoms with Gasteiger partial charge in [-0.1, -0.05) is 12.1 Å². The summed E-state index contributed by atoms with van der Waals surface area (Å²) < 4.78 is 1.45. The Morgan fingerprint density at radius 3 is 2.85 bits per heavy atom. The van der Waals surface area contributed by atoms with Crippen molar-refractivity contribution >= 4 is 16.9 Å². The number of nitrogens with one attached hydrogen (secondary N) is 2. The number of amides is 1. The van der Waals surface area contributed by atoms with Crippen LogP contribution in [-0.4, -0.2) is 47.5 Å². The fraction of sp³-hybridized carbons (Fsp3) is 0.429. The topological polar surface area (TPSA) is 70.1 Å². The van der Waals surface area contributed by atoms with E-state index in [1.165, 1.54) is 4.57 Å². The molecule has 0 spiro atoms. The molecule has 0 saturated heterocycles. The zero-order valence-electron chi connectivity index (χ0n) is 11.8. The lowest BCUT2D eigenvalue weighted by atomic mass is 10.3. The summed E-state index contributed by atoms with van der Waals surface area (Å²) in [6.45, 7) is 1.59. The maximum atomic E-state index is 11.9. The number of fused-ring (bicyclic) bond motifs is 1. The molecule has 0 aliphatic rings. The summed E-state index contributed by atoms with van der Waals surface area (Å²) in [7, 11) is 3.99. The Kier molecular flexibility index (Phi) is 4.57. The number of hydrogen-bond donors (Lipinski definition) is 2. The number of hydrogen-bond acceptors (Lipinski definition) is 3. The second-order valence-corrected chi connectivity index (χ2v) is 5.04. The van der Waals surface area contributed by atoms with E-state index >= 15 is 0 Å². The third-order valence-electron chi connectivity index (χ3n) is 3.09. The quantitative estimate of drug-likeness (QED) is 0.750. The molecule has 0 fully saturated rings. The minimum Gasteiger partial charge on any atom is -0.354 e. The van der Waals surface area contributed by atoms with E-state index in [0.717, 1.165) is 24.0 Å². The predicted octanol–water partition coefficient (Wildman–Crippen LogP) is 0.398. The molecule has 0 bridgehead atoms. The van der Waals surface area contributed by atoms with Crippen LogP contribution in [0.3, 0.4) is 0 Å². The summed E-state index contributed by atoms with van der Waals surface area (Å²) in [5.74, 6) is -0.143.